The van der Waals surface area contributed by atoms with Crippen molar-refractivity contribution in [2.45, 2.75) is 30.3 Å². The Hall–Kier alpha value is -1.26. The summed E-state index contributed by atoms with van der Waals surface area (Å²) in [5.74, 6) is 0.715. The van der Waals surface area contributed by atoms with Crippen LogP contribution in [0.5, 0.6) is 0 Å². The Morgan fingerprint density at radius 3 is 3.00 bits per heavy atom. The number of benzene rings is 1. The lowest BCUT2D eigenvalue weighted by Gasteiger charge is -2.02. The van der Waals surface area contributed by atoms with E-state index in [-0.39, 0.29) is 0 Å². The van der Waals surface area contributed by atoms with Crippen molar-refractivity contribution < 1.29 is 4.42 Å². The normalized spacial score (nSPS) is 14.9. The monoisotopic (exact) mass is 260 g/mol. The van der Waals surface area contributed by atoms with Crippen molar-refractivity contribution in [2.75, 3.05) is 6.26 Å². The molecule has 3 rings (SSSR count). The summed E-state index contributed by atoms with van der Waals surface area (Å²) in [6.07, 6.45) is 6.40. The van der Waals surface area contributed by atoms with E-state index in [9.17, 15) is 0 Å². The minimum atomic E-state index is 0.698. The summed E-state index contributed by atoms with van der Waals surface area (Å²) in [6, 6.07) is 8.89. The number of thioether (sulfide) groups is 1. The third-order valence-corrected chi connectivity index (χ3v) is 3.83. The molecule has 0 unspecified atom stereocenters. The van der Waals surface area contributed by atoms with Crippen LogP contribution < -0.4 is 5.32 Å². The SMILES string of the molecule is CSc1ccccc1-c1nc(CNC2CC2)co1. The number of nitrogens with one attached hydrogen (secondary N) is 1. The maximum atomic E-state index is 5.58. The van der Waals surface area contributed by atoms with Gasteiger partial charge in [0.15, 0.2) is 0 Å². The Balaban J connectivity index is 1.78. The highest BCUT2D eigenvalue weighted by Gasteiger charge is 2.20. The molecule has 0 spiro atoms. The summed E-state index contributed by atoms with van der Waals surface area (Å²) in [7, 11) is 0. The molecular formula is C14H16N2OS. The molecule has 1 aromatic carbocycles. The van der Waals surface area contributed by atoms with Crippen LogP contribution in [0.2, 0.25) is 0 Å². The molecule has 3 nitrogen and oxygen atoms in total. The molecule has 1 aliphatic carbocycles. The average molecular weight is 260 g/mol. The highest BCUT2D eigenvalue weighted by atomic mass is 32.2. The predicted molar refractivity (Wildman–Crippen MR) is 73.6 cm³/mol. The van der Waals surface area contributed by atoms with Crippen LogP contribution in [0.15, 0.2) is 39.8 Å². The number of hydrogen-bond acceptors (Lipinski definition) is 4. The molecule has 1 fully saturated rings. The first-order chi connectivity index (χ1) is 8.86. The lowest BCUT2D eigenvalue weighted by atomic mass is 10.2. The highest BCUT2D eigenvalue weighted by Crippen LogP contribution is 2.29. The molecule has 1 aliphatic rings. The first-order valence-electron chi connectivity index (χ1n) is 6.18. The molecule has 1 N–H and O–H groups in total. The molecule has 4 heteroatoms. The second-order valence-electron chi connectivity index (χ2n) is 4.50. The Morgan fingerprint density at radius 1 is 1.39 bits per heavy atom. The molecular weight excluding hydrogens is 244 g/mol. The largest absolute Gasteiger partial charge is 0.444 e. The van der Waals surface area contributed by atoms with Crippen molar-refractivity contribution in [3.63, 3.8) is 0 Å². The van der Waals surface area contributed by atoms with E-state index in [2.05, 4.69) is 28.7 Å². The minimum Gasteiger partial charge on any atom is -0.444 e. The standard InChI is InChI=1S/C14H16N2OS/c1-18-13-5-3-2-4-12(13)14-16-11(9-17-14)8-15-10-6-7-10/h2-5,9-10,15H,6-8H2,1H3. The summed E-state index contributed by atoms with van der Waals surface area (Å²) in [5, 5.41) is 3.44. The van der Waals surface area contributed by atoms with Gasteiger partial charge in [0.2, 0.25) is 5.89 Å². The fourth-order valence-electron chi connectivity index (χ4n) is 1.87. The molecule has 0 saturated heterocycles. The first kappa shape index (κ1) is 11.8. The van der Waals surface area contributed by atoms with E-state index in [1.165, 1.54) is 17.7 Å². The molecule has 1 heterocycles. The van der Waals surface area contributed by atoms with E-state index in [0.717, 1.165) is 17.8 Å². The first-order valence-corrected chi connectivity index (χ1v) is 7.40. The molecule has 0 bridgehead atoms. The molecule has 18 heavy (non-hydrogen) atoms. The van der Waals surface area contributed by atoms with Crippen LogP contribution in [0.4, 0.5) is 0 Å². The van der Waals surface area contributed by atoms with Crippen LogP contribution in [0, 0.1) is 0 Å². The highest BCUT2D eigenvalue weighted by molar-refractivity contribution is 7.98. The van der Waals surface area contributed by atoms with E-state index in [1.54, 1.807) is 18.0 Å². The van der Waals surface area contributed by atoms with E-state index in [1.807, 2.05) is 12.1 Å². The van der Waals surface area contributed by atoms with Gasteiger partial charge in [0.05, 0.1) is 11.3 Å². The molecule has 1 aromatic heterocycles. The van der Waals surface area contributed by atoms with Crippen molar-refractivity contribution >= 4 is 11.8 Å². The Labute approximate surface area is 111 Å². The van der Waals surface area contributed by atoms with Crippen LogP contribution in [0.25, 0.3) is 11.5 Å². The number of oxazole rings is 1. The van der Waals surface area contributed by atoms with Gasteiger partial charge in [-0.3, -0.25) is 0 Å². The number of hydrogen-bond donors (Lipinski definition) is 1. The van der Waals surface area contributed by atoms with Gasteiger partial charge >= 0.3 is 0 Å². The van der Waals surface area contributed by atoms with Crippen molar-refractivity contribution in [1.29, 1.82) is 0 Å². The maximum Gasteiger partial charge on any atom is 0.227 e. The fourth-order valence-corrected chi connectivity index (χ4v) is 2.46. The molecule has 1 saturated carbocycles. The third kappa shape index (κ3) is 2.60. The fraction of sp³-hybridized carbons (Fsp3) is 0.357. The van der Waals surface area contributed by atoms with Crippen LogP contribution >= 0.6 is 11.8 Å². The number of rotatable bonds is 5. The Kier molecular flexibility index (Phi) is 3.39. The topological polar surface area (TPSA) is 38.1 Å². The third-order valence-electron chi connectivity index (χ3n) is 3.04. The maximum absolute atomic E-state index is 5.58. The van der Waals surface area contributed by atoms with Crippen molar-refractivity contribution in [2.24, 2.45) is 0 Å². The second-order valence-corrected chi connectivity index (χ2v) is 5.35. The van der Waals surface area contributed by atoms with Crippen molar-refractivity contribution in [1.82, 2.24) is 10.3 Å². The van der Waals surface area contributed by atoms with Gasteiger partial charge in [0.25, 0.3) is 0 Å². The van der Waals surface area contributed by atoms with E-state index < -0.39 is 0 Å². The zero-order chi connectivity index (χ0) is 12.4. The Bertz CT molecular complexity index is 534. The smallest absolute Gasteiger partial charge is 0.227 e. The van der Waals surface area contributed by atoms with Gasteiger partial charge in [0.1, 0.15) is 6.26 Å². The van der Waals surface area contributed by atoms with Crippen molar-refractivity contribution in [3.05, 3.63) is 36.2 Å². The van der Waals surface area contributed by atoms with E-state index in [0.29, 0.717) is 11.9 Å². The van der Waals surface area contributed by atoms with Gasteiger partial charge in [-0.25, -0.2) is 4.98 Å². The summed E-state index contributed by atoms with van der Waals surface area (Å²) in [6.45, 7) is 0.801. The molecule has 0 atom stereocenters. The van der Waals surface area contributed by atoms with E-state index in [4.69, 9.17) is 4.42 Å². The Morgan fingerprint density at radius 2 is 2.22 bits per heavy atom. The van der Waals surface area contributed by atoms with Gasteiger partial charge < -0.3 is 9.73 Å². The van der Waals surface area contributed by atoms with Gasteiger partial charge in [-0.1, -0.05) is 12.1 Å². The van der Waals surface area contributed by atoms with Gasteiger partial charge in [0, 0.05) is 17.5 Å². The second kappa shape index (κ2) is 5.16. The molecule has 2 aromatic rings. The number of aromatic nitrogens is 1. The summed E-state index contributed by atoms with van der Waals surface area (Å²) >= 11 is 1.71. The van der Waals surface area contributed by atoms with Crippen molar-refractivity contribution in [3.8, 4) is 11.5 Å². The van der Waals surface area contributed by atoms with Crippen LogP contribution in [0.3, 0.4) is 0 Å². The zero-order valence-corrected chi connectivity index (χ0v) is 11.2. The van der Waals surface area contributed by atoms with Crippen LogP contribution in [-0.4, -0.2) is 17.3 Å². The summed E-state index contributed by atoms with van der Waals surface area (Å²) in [4.78, 5) is 5.74. The summed E-state index contributed by atoms with van der Waals surface area (Å²) < 4.78 is 5.58. The molecule has 0 amide bonds. The lowest BCUT2D eigenvalue weighted by molar-refractivity contribution is 0.568. The van der Waals surface area contributed by atoms with Gasteiger partial charge in [-0.15, -0.1) is 11.8 Å². The van der Waals surface area contributed by atoms with Crippen LogP contribution in [-0.2, 0) is 6.54 Å². The van der Waals surface area contributed by atoms with E-state index >= 15 is 0 Å². The molecule has 0 radical (unpaired) electrons. The zero-order valence-electron chi connectivity index (χ0n) is 10.3. The van der Waals surface area contributed by atoms with Gasteiger partial charge in [-0.05, 0) is 31.2 Å². The minimum absolute atomic E-state index is 0.698. The molecule has 0 aliphatic heterocycles. The van der Waals surface area contributed by atoms with Gasteiger partial charge in [-0.2, -0.15) is 0 Å². The number of nitrogens with zero attached hydrogens (tertiary/aromatic N) is 1. The molecule has 94 valence electrons. The predicted octanol–water partition coefficient (Wildman–Crippen LogP) is 3.32. The quantitative estimate of drug-likeness (QED) is 0.837. The lowest BCUT2D eigenvalue weighted by Crippen LogP contribution is -2.15. The average Bonchev–Trinajstić information content (AvgIpc) is 3.13. The summed E-state index contributed by atoms with van der Waals surface area (Å²) in [5.41, 5.74) is 2.05. The van der Waals surface area contributed by atoms with Crippen LogP contribution in [0.1, 0.15) is 18.5 Å².